The van der Waals surface area contributed by atoms with Crippen LogP contribution in [-0.4, -0.2) is 38.1 Å². The molecule has 0 aliphatic rings. The van der Waals surface area contributed by atoms with Gasteiger partial charge in [0.05, 0.1) is 12.1 Å². The van der Waals surface area contributed by atoms with E-state index in [4.69, 9.17) is 5.26 Å². The van der Waals surface area contributed by atoms with Crippen LogP contribution in [0.1, 0.15) is 26.7 Å². The molecule has 0 aliphatic carbocycles. The van der Waals surface area contributed by atoms with E-state index in [1.54, 1.807) is 0 Å². The molecule has 0 fully saturated rings. The van der Waals surface area contributed by atoms with Gasteiger partial charge in [-0.1, -0.05) is 13.8 Å². The predicted octanol–water partition coefficient (Wildman–Crippen LogP) is 1.47. The number of nitrogens with one attached hydrogen (secondary N) is 1. The highest BCUT2D eigenvalue weighted by molar-refractivity contribution is 4.88. The lowest BCUT2D eigenvalue weighted by Crippen LogP contribution is -2.30. The van der Waals surface area contributed by atoms with Gasteiger partial charge >= 0.3 is 0 Å². The van der Waals surface area contributed by atoms with Gasteiger partial charge in [-0.2, -0.15) is 5.26 Å². The summed E-state index contributed by atoms with van der Waals surface area (Å²) in [6.45, 7) is 6.59. The standard InChI is InChI=1S/C11H23N3/c1-10(2)5-7-14(4)8-6-11(9-12)13-3/h10-11,13H,5-8H2,1-4H3. The molecule has 1 unspecified atom stereocenters. The summed E-state index contributed by atoms with van der Waals surface area (Å²) < 4.78 is 0. The van der Waals surface area contributed by atoms with Gasteiger partial charge in [-0.3, -0.25) is 0 Å². The molecule has 82 valence electrons. The Hall–Kier alpha value is -0.590. The molecule has 14 heavy (non-hydrogen) atoms. The van der Waals surface area contributed by atoms with E-state index < -0.39 is 0 Å². The maximum Gasteiger partial charge on any atom is 0.0962 e. The van der Waals surface area contributed by atoms with Crippen molar-refractivity contribution in [3.8, 4) is 6.07 Å². The molecule has 0 heterocycles. The zero-order chi connectivity index (χ0) is 11.0. The molecule has 0 spiro atoms. The third-order valence-electron chi connectivity index (χ3n) is 2.39. The molecule has 0 saturated heterocycles. The summed E-state index contributed by atoms with van der Waals surface area (Å²) >= 11 is 0. The average molecular weight is 197 g/mol. The van der Waals surface area contributed by atoms with Crippen LogP contribution in [0.3, 0.4) is 0 Å². The summed E-state index contributed by atoms with van der Waals surface area (Å²) in [5, 5.41) is 11.7. The van der Waals surface area contributed by atoms with Crippen molar-refractivity contribution in [1.29, 1.82) is 5.26 Å². The topological polar surface area (TPSA) is 39.1 Å². The predicted molar refractivity (Wildman–Crippen MR) is 60.0 cm³/mol. The second-order valence-corrected chi connectivity index (χ2v) is 4.24. The van der Waals surface area contributed by atoms with Crippen LogP contribution in [0.5, 0.6) is 0 Å². The van der Waals surface area contributed by atoms with Crippen LogP contribution in [0.15, 0.2) is 0 Å². The number of nitriles is 1. The van der Waals surface area contributed by atoms with Crippen LogP contribution < -0.4 is 5.32 Å². The summed E-state index contributed by atoms with van der Waals surface area (Å²) in [6, 6.07) is 2.23. The molecule has 3 nitrogen and oxygen atoms in total. The molecule has 0 rings (SSSR count). The summed E-state index contributed by atoms with van der Waals surface area (Å²) in [7, 11) is 3.95. The van der Waals surface area contributed by atoms with Crippen molar-refractivity contribution in [2.24, 2.45) is 5.92 Å². The molecule has 0 saturated carbocycles. The van der Waals surface area contributed by atoms with E-state index in [1.807, 2.05) is 7.05 Å². The minimum absolute atomic E-state index is 0.00324. The Balaban J connectivity index is 3.53. The largest absolute Gasteiger partial charge is 0.306 e. The highest BCUT2D eigenvalue weighted by atomic mass is 15.1. The van der Waals surface area contributed by atoms with Gasteiger partial charge in [0.15, 0.2) is 0 Å². The van der Waals surface area contributed by atoms with Gasteiger partial charge in [0.25, 0.3) is 0 Å². The SMILES string of the molecule is CNC(C#N)CCN(C)CCC(C)C. The van der Waals surface area contributed by atoms with Crippen molar-refractivity contribution in [3.05, 3.63) is 0 Å². The molecule has 0 radical (unpaired) electrons. The van der Waals surface area contributed by atoms with E-state index in [0.717, 1.165) is 25.4 Å². The Labute approximate surface area is 88.1 Å². The van der Waals surface area contributed by atoms with E-state index in [-0.39, 0.29) is 6.04 Å². The number of rotatable bonds is 7. The Morgan fingerprint density at radius 1 is 1.29 bits per heavy atom. The van der Waals surface area contributed by atoms with Crippen LogP contribution in [0.25, 0.3) is 0 Å². The first-order valence-electron chi connectivity index (χ1n) is 5.35. The molecule has 0 aromatic rings. The van der Waals surface area contributed by atoms with Crippen molar-refractivity contribution in [1.82, 2.24) is 10.2 Å². The molecule has 0 aromatic heterocycles. The van der Waals surface area contributed by atoms with Crippen molar-refractivity contribution >= 4 is 0 Å². The Morgan fingerprint density at radius 3 is 2.29 bits per heavy atom. The summed E-state index contributed by atoms with van der Waals surface area (Å²) in [5.74, 6) is 0.758. The summed E-state index contributed by atoms with van der Waals surface area (Å²) in [6.07, 6.45) is 2.13. The zero-order valence-corrected chi connectivity index (χ0v) is 9.88. The Morgan fingerprint density at radius 2 is 1.86 bits per heavy atom. The third kappa shape index (κ3) is 6.88. The monoisotopic (exact) mass is 197 g/mol. The van der Waals surface area contributed by atoms with Crippen molar-refractivity contribution in [3.63, 3.8) is 0 Å². The van der Waals surface area contributed by atoms with Gasteiger partial charge in [-0.25, -0.2) is 0 Å². The van der Waals surface area contributed by atoms with Crippen LogP contribution >= 0.6 is 0 Å². The number of hydrogen-bond acceptors (Lipinski definition) is 3. The first-order chi connectivity index (χ1) is 6.60. The highest BCUT2D eigenvalue weighted by Crippen LogP contribution is 2.01. The van der Waals surface area contributed by atoms with Gasteiger partial charge in [0.2, 0.25) is 0 Å². The fraction of sp³-hybridized carbons (Fsp3) is 0.909. The Kier molecular flexibility index (Phi) is 7.45. The Bertz CT molecular complexity index is 172. The first-order valence-corrected chi connectivity index (χ1v) is 5.35. The molecule has 3 heteroatoms. The lowest BCUT2D eigenvalue weighted by Gasteiger charge is -2.18. The molecular weight excluding hydrogens is 174 g/mol. The summed E-state index contributed by atoms with van der Waals surface area (Å²) in [5.41, 5.74) is 0. The van der Waals surface area contributed by atoms with Gasteiger partial charge in [0.1, 0.15) is 0 Å². The normalized spacial score (nSPS) is 13.2. The van der Waals surface area contributed by atoms with E-state index in [1.165, 1.54) is 6.42 Å². The van der Waals surface area contributed by atoms with E-state index >= 15 is 0 Å². The minimum atomic E-state index is -0.00324. The van der Waals surface area contributed by atoms with Gasteiger partial charge in [0, 0.05) is 6.54 Å². The van der Waals surface area contributed by atoms with Gasteiger partial charge in [-0.05, 0) is 39.4 Å². The fourth-order valence-electron chi connectivity index (χ4n) is 1.21. The average Bonchev–Trinajstić information content (AvgIpc) is 2.16. The van der Waals surface area contributed by atoms with Crippen LogP contribution in [0.4, 0.5) is 0 Å². The van der Waals surface area contributed by atoms with E-state index in [9.17, 15) is 0 Å². The molecule has 0 amide bonds. The second kappa shape index (κ2) is 7.78. The third-order valence-corrected chi connectivity index (χ3v) is 2.39. The first kappa shape index (κ1) is 13.4. The molecule has 0 aliphatic heterocycles. The van der Waals surface area contributed by atoms with Crippen LogP contribution in [0.2, 0.25) is 0 Å². The van der Waals surface area contributed by atoms with Crippen LogP contribution in [0, 0.1) is 17.2 Å². The van der Waals surface area contributed by atoms with Gasteiger partial charge < -0.3 is 10.2 Å². The van der Waals surface area contributed by atoms with Gasteiger partial charge in [-0.15, -0.1) is 0 Å². The smallest absolute Gasteiger partial charge is 0.0962 e. The highest BCUT2D eigenvalue weighted by Gasteiger charge is 2.06. The molecule has 0 aromatic carbocycles. The van der Waals surface area contributed by atoms with E-state index in [0.29, 0.717) is 0 Å². The number of hydrogen-bond donors (Lipinski definition) is 1. The number of nitrogens with zero attached hydrogens (tertiary/aromatic N) is 2. The van der Waals surface area contributed by atoms with E-state index in [2.05, 4.69) is 37.2 Å². The summed E-state index contributed by atoms with van der Waals surface area (Å²) in [4.78, 5) is 2.29. The van der Waals surface area contributed by atoms with Crippen molar-refractivity contribution in [2.45, 2.75) is 32.7 Å². The molecule has 1 atom stereocenters. The quantitative estimate of drug-likeness (QED) is 0.671. The minimum Gasteiger partial charge on any atom is -0.306 e. The van der Waals surface area contributed by atoms with Crippen molar-refractivity contribution in [2.75, 3.05) is 27.2 Å². The lowest BCUT2D eigenvalue weighted by molar-refractivity contribution is 0.299. The second-order valence-electron chi connectivity index (χ2n) is 4.24. The fourth-order valence-corrected chi connectivity index (χ4v) is 1.21. The maximum absolute atomic E-state index is 8.73. The van der Waals surface area contributed by atoms with Crippen LogP contribution in [-0.2, 0) is 0 Å². The zero-order valence-electron chi connectivity index (χ0n) is 9.88. The molecular formula is C11H23N3. The maximum atomic E-state index is 8.73. The molecule has 0 bridgehead atoms. The van der Waals surface area contributed by atoms with Crippen molar-refractivity contribution < 1.29 is 0 Å². The lowest BCUT2D eigenvalue weighted by atomic mass is 10.1. The molecule has 1 N–H and O–H groups in total.